The van der Waals surface area contributed by atoms with E-state index in [-0.39, 0.29) is 12.5 Å². The summed E-state index contributed by atoms with van der Waals surface area (Å²) in [4.78, 5) is 15.0. The average molecular weight is 197 g/mol. The number of alkyl halides is 1. The molecule has 2 N–H and O–H groups in total. The Bertz CT molecular complexity index is 317. The number of carbonyl (C=O) groups excluding carboxylic acids is 1. The molecule has 76 valence electrons. The second kappa shape index (κ2) is 5.16. The number of carbonyl (C=O) groups is 1. The van der Waals surface area contributed by atoms with Crippen molar-refractivity contribution in [2.75, 3.05) is 25.6 Å². The first-order chi connectivity index (χ1) is 6.77. The Kier molecular flexibility index (Phi) is 3.84. The fourth-order valence-electron chi connectivity index (χ4n) is 0.984. The van der Waals surface area contributed by atoms with Gasteiger partial charge < -0.3 is 10.6 Å². The van der Waals surface area contributed by atoms with Gasteiger partial charge in [-0.1, -0.05) is 0 Å². The second-order valence-electron chi connectivity index (χ2n) is 2.62. The van der Waals surface area contributed by atoms with Crippen LogP contribution in [0.5, 0.6) is 0 Å². The van der Waals surface area contributed by atoms with E-state index in [0.717, 1.165) is 0 Å². The molecule has 14 heavy (non-hydrogen) atoms. The van der Waals surface area contributed by atoms with E-state index in [1.807, 2.05) is 0 Å². The first-order valence-electron chi connectivity index (χ1n) is 4.26. The Labute approximate surface area is 81.5 Å². The Morgan fingerprint density at radius 2 is 2.43 bits per heavy atom. The van der Waals surface area contributed by atoms with E-state index in [1.54, 1.807) is 12.1 Å². The van der Waals surface area contributed by atoms with Gasteiger partial charge in [0.15, 0.2) is 0 Å². The van der Waals surface area contributed by atoms with Gasteiger partial charge in [-0.3, -0.25) is 9.78 Å². The summed E-state index contributed by atoms with van der Waals surface area (Å²) in [7, 11) is 1.53. The molecule has 0 aliphatic carbocycles. The third-order valence-corrected chi connectivity index (χ3v) is 1.64. The molecule has 5 heteroatoms. The lowest BCUT2D eigenvalue weighted by molar-refractivity contribution is 0.0958. The maximum Gasteiger partial charge on any atom is 0.269 e. The number of nitrogens with one attached hydrogen (secondary N) is 2. The zero-order valence-electron chi connectivity index (χ0n) is 7.88. The van der Waals surface area contributed by atoms with Crippen LogP contribution in [-0.4, -0.2) is 31.2 Å². The smallest absolute Gasteiger partial charge is 0.269 e. The van der Waals surface area contributed by atoms with Crippen LogP contribution in [0.1, 0.15) is 10.5 Å². The minimum atomic E-state index is -0.447. The van der Waals surface area contributed by atoms with Crippen molar-refractivity contribution < 1.29 is 9.18 Å². The highest BCUT2D eigenvalue weighted by molar-refractivity contribution is 5.92. The topological polar surface area (TPSA) is 54.0 Å². The molecule has 0 saturated heterocycles. The quantitative estimate of drug-likeness (QED) is 0.751. The SMILES string of the molecule is CNC(=O)c1cc(NCCF)ccn1. The summed E-state index contributed by atoms with van der Waals surface area (Å²) >= 11 is 0. The lowest BCUT2D eigenvalue weighted by Gasteiger charge is -2.04. The molecule has 1 rings (SSSR count). The molecule has 0 atom stereocenters. The van der Waals surface area contributed by atoms with Crippen LogP contribution in [0.3, 0.4) is 0 Å². The van der Waals surface area contributed by atoms with Gasteiger partial charge in [-0.2, -0.15) is 0 Å². The van der Waals surface area contributed by atoms with Crippen LogP contribution in [0.15, 0.2) is 18.3 Å². The Hall–Kier alpha value is -1.65. The third kappa shape index (κ3) is 2.69. The highest BCUT2D eigenvalue weighted by atomic mass is 19.1. The number of aromatic nitrogens is 1. The number of rotatable bonds is 4. The van der Waals surface area contributed by atoms with Crippen LogP contribution >= 0.6 is 0 Å². The first-order valence-corrected chi connectivity index (χ1v) is 4.26. The fraction of sp³-hybridized carbons (Fsp3) is 0.333. The van der Waals surface area contributed by atoms with Crippen LogP contribution in [0.2, 0.25) is 0 Å². The monoisotopic (exact) mass is 197 g/mol. The molecule has 0 aliphatic heterocycles. The molecule has 0 saturated carbocycles. The van der Waals surface area contributed by atoms with E-state index < -0.39 is 6.67 Å². The van der Waals surface area contributed by atoms with Gasteiger partial charge in [-0.05, 0) is 12.1 Å². The molecule has 0 unspecified atom stereocenters. The molecule has 1 aromatic heterocycles. The van der Waals surface area contributed by atoms with Crippen molar-refractivity contribution in [2.45, 2.75) is 0 Å². The summed E-state index contributed by atoms with van der Waals surface area (Å²) < 4.78 is 11.8. The molecule has 0 aromatic carbocycles. The maximum atomic E-state index is 11.8. The summed E-state index contributed by atoms with van der Waals surface area (Å²) in [5, 5.41) is 5.28. The van der Waals surface area contributed by atoms with Crippen LogP contribution < -0.4 is 10.6 Å². The molecular formula is C9H12FN3O. The molecule has 1 aromatic rings. The Morgan fingerprint density at radius 1 is 1.64 bits per heavy atom. The first kappa shape index (κ1) is 10.4. The van der Waals surface area contributed by atoms with Crippen molar-refractivity contribution in [2.24, 2.45) is 0 Å². The standard InChI is InChI=1S/C9H12FN3O/c1-11-9(14)8-6-7(2-4-13-8)12-5-3-10/h2,4,6H,3,5H2,1H3,(H,11,14)(H,12,13). The lowest BCUT2D eigenvalue weighted by Crippen LogP contribution is -2.19. The molecule has 0 aliphatic rings. The Balaban J connectivity index is 2.73. The van der Waals surface area contributed by atoms with E-state index in [2.05, 4.69) is 15.6 Å². The number of pyridine rings is 1. The van der Waals surface area contributed by atoms with Gasteiger partial charge in [0.1, 0.15) is 12.4 Å². The summed E-state index contributed by atoms with van der Waals surface area (Å²) in [5.41, 5.74) is 1.01. The van der Waals surface area contributed by atoms with Gasteiger partial charge in [0.05, 0.1) is 0 Å². The van der Waals surface area contributed by atoms with Crippen LogP contribution in [0.25, 0.3) is 0 Å². The minimum absolute atomic E-state index is 0.233. The largest absolute Gasteiger partial charge is 0.382 e. The van der Waals surface area contributed by atoms with Gasteiger partial charge in [0.2, 0.25) is 0 Å². The molecule has 0 radical (unpaired) electrons. The highest BCUT2D eigenvalue weighted by Crippen LogP contribution is 2.07. The zero-order valence-corrected chi connectivity index (χ0v) is 7.88. The number of amides is 1. The van der Waals surface area contributed by atoms with Crippen LogP contribution in [0.4, 0.5) is 10.1 Å². The Morgan fingerprint density at radius 3 is 3.07 bits per heavy atom. The van der Waals surface area contributed by atoms with Gasteiger partial charge in [-0.15, -0.1) is 0 Å². The molecule has 1 amide bonds. The number of hydrogen-bond acceptors (Lipinski definition) is 3. The van der Waals surface area contributed by atoms with Crippen molar-refractivity contribution >= 4 is 11.6 Å². The van der Waals surface area contributed by atoms with Gasteiger partial charge >= 0.3 is 0 Å². The van der Waals surface area contributed by atoms with E-state index in [9.17, 15) is 9.18 Å². The number of anilines is 1. The maximum absolute atomic E-state index is 11.8. The fourth-order valence-corrected chi connectivity index (χ4v) is 0.984. The molecule has 4 nitrogen and oxygen atoms in total. The van der Waals surface area contributed by atoms with Crippen LogP contribution in [-0.2, 0) is 0 Å². The summed E-state index contributed by atoms with van der Waals surface area (Å²) in [5.74, 6) is -0.256. The molecular weight excluding hydrogens is 185 g/mol. The van der Waals surface area contributed by atoms with Gasteiger partial charge in [0, 0.05) is 25.5 Å². The van der Waals surface area contributed by atoms with Crippen molar-refractivity contribution in [3.63, 3.8) is 0 Å². The number of halogens is 1. The molecule has 0 spiro atoms. The van der Waals surface area contributed by atoms with Crippen LogP contribution in [0, 0.1) is 0 Å². The molecule has 1 heterocycles. The predicted octanol–water partition coefficient (Wildman–Crippen LogP) is 0.823. The van der Waals surface area contributed by atoms with E-state index in [4.69, 9.17) is 0 Å². The van der Waals surface area contributed by atoms with Gasteiger partial charge in [0.25, 0.3) is 5.91 Å². The highest BCUT2D eigenvalue weighted by Gasteiger charge is 2.04. The second-order valence-corrected chi connectivity index (χ2v) is 2.62. The third-order valence-electron chi connectivity index (χ3n) is 1.64. The molecule has 0 fully saturated rings. The predicted molar refractivity (Wildman–Crippen MR) is 52.1 cm³/mol. The van der Waals surface area contributed by atoms with E-state index in [1.165, 1.54) is 13.2 Å². The van der Waals surface area contributed by atoms with Crippen molar-refractivity contribution in [3.8, 4) is 0 Å². The molecule has 0 bridgehead atoms. The minimum Gasteiger partial charge on any atom is -0.382 e. The number of nitrogens with zero attached hydrogens (tertiary/aromatic N) is 1. The summed E-state index contributed by atoms with van der Waals surface area (Å²) in [6, 6.07) is 3.26. The van der Waals surface area contributed by atoms with Crippen molar-refractivity contribution in [1.29, 1.82) is 0 Å². The lowest BCUT2D eigenvalue weighted by atomic mass is 10.3. The normalized spacial score (nSPS) is 9.57. The number of hydrogen-bond donors (Lipinski definition) is 2. The van der Waals surface area contributed by atoms with Crippen molar-refractivity contribution in [1.82, 2.24) is 10.3 Å². The van der Waals surface area contributed by atoms with Crippen molar-refractivity contribution in [3.05, 3.63) is 24.0 Å². The van der Waals surface area contributed by atoms with E-state index in [0.29, 0.717) is 11.4 Å². The van der Waals surface area contributed by atoms with E-state index >= 15 is 0 Å². The average Bonchev–Trinajstić information content (AvgIpc) is 2.25. The summed E-state index contributed by atoms with van der Waals surface area (Å²) in [6.07, 6.45) is 1.51. The zero-order chi connectivity index (χ0) is 10.4. The van der Waals surface area contributed by atoms with Gasteiger partial charge in [-0.25, -0.2) is 4.39 Å². The summed E-state index contributed by atoms with van der Waals surface area (Å²) in [6.45, 7) is -0.213.